The summed E-state index contributed by atoms with van der Waals surface area (Å²) in [6, 6.07) is 7.99. The maximum atomic E-state index is 11.7. The second-order valence-electron chi connectivity index (χ2n) is 7.87. The minimum absolute atomic E-state index is 0.0222. The lowest BCUT2D eigenvalue weighted by molar-refractivity contribution is -0.383. The number of nitro groups is 1. The molecule has 0 spiro atoms. The van der Waals surface area contributed by atoms with E-state index >= 15 is 0 Å². The summed E-state index contributed by atoms with van der Waals surface area (Å²) >= 11 is 0. The molecule has 2 heterocycles. The summed E-state index contributed by atoms with van der Waals surface area (Å²) in [7, 11) is 0. The highest BCUT2D eigenvalue weighted by molar-refractivity contribution is 5.72. The van der Waals surface area contributed by atoms with Gasteiger partial charge in [0.1, 0.15) is 6.29 Å². The smallest absolute Gasteiger partial charge is 0.353 e. The molecule has 2 N–H and O–H groups in total. The Labute approximate surface area is 187 Å². The molecular formula is C22H30N6O4. The lowest BCUT2D eigenvalue weighted by Gasteiger charge is -2.22. The molecule has 32 heavy (non-hydrogen) atoms. The first kappa shape index (κ1) is 23.4. The normalized spacial score (nSPS) is 13.8. The highest BCUT2D eigenvalue weighted by Gasteiger charge is 2.28. The van der Waals surface area contributed by atoms with E-state index in [9.17, 15) is 14.9 Å². The van der Waals surface area contributed by atoms with Crippen LogP contribution in [0.5, 0.6) is 6.01 Å². The van der Waals surface area contributed by atoms with Gasteiger partial charge in [-0.3, -0.25) is 15.0 Å². The number of aldehydes is 1. The van der Waals surface area contributed by atoms with Crippen LogP contribution in [-0.4, -0.2) is 52.3 Å². The number of rotatable bonds is 12. The number of nitrogen functional groups attached to an aromatic ring is 1. The summed E-state index contributed by atoms with van der Waals surface area (Å²) in [5.41, 5.74) is 7.53. The fraction of sp³-hybridized carbons (Fsp3) is 0.500. The molecule has 1 aromatic carbocycles. The number of unbranched alkanes of at least 4 members (excludes halogenated alkanes) is 1. The van der Waals surface area contributed by atoms with Gasteiger partial charge in [0.05, 0.1) is 18.1 Å². The quantitative estimate of drug-likeness (QED) is 0.228. The maximum absolute atomic E-state index is 11.7. The molecule has 3 rings (SSSR count). The van der Waals surface area contributed by atoms with Crippen LogP contribution in [0.15, 0.2) is 24.3 Å². The zero-order valence-corrected chi connectivity index (χ0v) is 18.4. The van der Waals surface area contributed by atoms with Crippen molar-refractivity contribution in [2.75, 3.05) is 36.9 Å². The van der Waals surface area contributed by atoms with E-state index in [0.717, 1.165) is 43.6 Å². The van der Waals surface area contributed by atoms with Crippen molar-refractivity contribution in [3.8, 4) is 6.01 Å². The molecule has 0 saturated carbocycles. The summed E-state index contributed by atoms with van der Waals surface area (Å²) in [6.45, 7) is 5.62. The van der Waals surface area contributed by atoms with Crippen molar-refractivity contribution in [1.29, 1.82) is 0 Å². The van der Waals surface area contributed by atoms with E-state index in [1.54, 1.807) is 0 Å². The lowest BCUT2D eigenvalue weighted by atomic mass is 10.1. The van der Waals surface area contributed by atoms with Gasteiger partial charge in [0.2, 0.25) is 11.6 Å². The van der Waals surface area contributed by atoms with Crippen molar-refractivity contribution in [3.05, 3.63) is 45.5 Å². The van der Waals surface area contributed by atoms with Crippen LogP contribution in [0.4, 0.5) is 17.3 Å². The molecule has 0 aliphatic carbocycles. The average Bonchev–Trinajstić information content (AvgIpc) is 3.26. The van der Waals surface area contributed by atoms with Crippen LogP contribution < -0.4 is 15.4 Å². The maximum Gasteiger partial charge on any atom is 0.353 e. The molecule has 0 bridgehead atoms. The van der Waals surface area contributed by atoms with Gasteiger partial charge in [0, 0.05) is 13.1 Å². The number of ether oxygens (including phenoxy) is 1. The van der Waals surface area contributed by atoms with E-state index < -0.39 is 10.6 Å². The van der Waals surface area contributed by atoms with Crippen LogP contribution in [0, 0.1) is 10.1 Å². The Morgan fingerprint density at radius 1 is 1.28 bits per heavy atom. The van der Waals surface area contributed by atoms with Gasteiger partial charge in [0.15, 0.2) is 0 Å². The molecule has 1 aliphatic heterocycles. The van der Waals surface area contributed by atoms with Crippen LogP contribution in [0.2, 0.25) is 0 Å². The van der Waals surface area contributed by atoms with E-state index in [0.29, 0.717) is 12.9 Å². The standard InChI is InChI=1S/C22H30N6O4/c1-2-3-13-32-22-24-20(23)19(28(30)31)21(25-22)27(11-12-29)16-18-8-6-7-17(14-18)15-26-9-4-5-10-26/h6-8,12,14H,2-5,9-11,13,15-16H2,1H3,(H2,23,24,25). The van der Waals surface area contributed by atoms with Crippen LogP contribution in [0.1, 0.15) is 43.7 Å². The lowest BCUT2D eigenvalue weighted by Crippen LogP contribution is -2.27. The first-order valence-corrected chi connectivity index (χ1v) is 10.9. The first-order chi connectivity index (χ1) is 15.5. The van der Waals surface area contributed by atoms with Crippen LogP contribution in [0.3, 0.4) is 0 Å². The number of carbonyl (C=O) groups excluding carboxylic acids is 1. The highest BCUT2D eigenvalue weighted by Crippen LogP contribution is 2.33. The number of carbonyl (C=O) groups is 1. The molecule has 0 amide bonds. The summed E-state index contributed by atoms with van der Waals surface area (Å²) in [5.74, 6) is -0.309. The third kappa shape index (κ3) is 6.13. The number of nitrogens with zero attached hydrogens (tertiary/aromatic N) is 5. The van der Waals surface area contributed by atoms with E-state index in [-0.39, 0.29) is 30.7 Å². The van der Waals surface area contributed by atoms with E-state index in [2.05, 4.69) is 27.0 Å². The predicted octanol–water partition coefficient (Wildman–Crippen LogP) is 2.95. The zero-order valence-electron chi connectivity index (χ0n) is 18.4. The summed E-state index contributed by atoms with van der Waals surface area (Å²) < 4.78 is 5.53. The number of likely N-dealkylation sites (tertiary alicyclic amines) is 1. The average molecular weight is 443 g/mol. The predicted molar refractivity (Wildman–Crippen MR) is 122 cm³/mol. The molecule has 0 radical (unpaired) electrons. The fourth-order valence-corrected chi connectivity index (χ4v) is 3.77. The number of anilines is 2. The van der Waals surface area contributed by atoms with E-state index in [1.807, 2.05) is 19.1 Å². The van der Waals surface area contributed by atoms with Crippen molar-refractivity contribution in [2.45, 2.75) is 45.7 Å². The van der Waals surface area contributed by atoms with Crippen molar-refractivity contribution in [2.24, 2.45) is 0 Å². The van der Waals surface area contributed by atoms with Gasteiger partial charge in [-0.25, -0.2) is 0 Å². The number of aromatic nitrogens is 2. The summed E-state index contributed by atoms with van der Waals surface area (Å²) in [6.07, 6.45) is 4.83. The number of hydrogen-bond acceptors (Lipinski definition) is 9. The Kier molecular flexibility index (Phi) is 8.32. The minimum atomic E-state index is -0.623. The molecule has 1 aliphatic rings. The number of benzene rings is 1. The van der Waals surface area contributed by atoms with Gasteiger partial charge in [-0.15, -0.1) is 0 Å². The molecule has 172 valence electrons. The van der Waals surface area contributed by atoms with E-state index in [4.69, 9.17) is 10.5 Å². The minimum Gasteiger partial charge on any atom is -0.463 e. The highest BCUT2D eigenvalue weighted by atomic mass is 16.6. The van der Waals surface area contributed by atoms with Gasteiger partial charge in [-0.05, 0) is 43.5 Å². The van der Waals surface area contributed by atoms with Gasteiger partial charge in [-0.2, -0.15) is 9.97 Å². The molecule has 0 atom stereocenters. The third-order valence-electron chi connectivity index (χ3n) is 5.35. The van der Waals surface area contributed by atoms with E-state index in [1.165, 1.54) is 17.7 Å². The summed E-state index contributed by atoms with van der Waals surface area (Å²) in [5, 5.41) is 11.7. The Morgan fingerprint density at radius 3 is 2.72 bits per heavy atom. The topological polar surface area (TPSA) is 128 Å². The fourth-order valence-electron chi connectivity index (χ4n) is 3.77. The van der Waals surface area contributed by atoms with Crippen molar-refractivity contribution in [3.63, 3.8) is 0 Å². The zero-order chi connectivity index (χ0) is 22.9. The van der Waals surface area contributed by atoms with Crippen molar-refractivity contribution < 1.29 is 14.5 Å². The third-order valence-corrected chi connectivity index (χ3v) is 5.35. The summed E-state index contributed by atoms with van der Waals surface area (Å²) in [4.78, 5) is 34.6. The molecule has 1 fully saturated rings. The Hall–Kier alpha value is -3.27. The molecule has 10 heteroatoms. The Balaban J connectivity index is 1.88. The van der Waals surface area contributed by atoms with Crippen LogP contribution in [0.25, 0.3) is 0 Å². The van der Waals surface area contributed by atoms with Gasteiger partial charge in [0.25, 0.3) is 0 Å². The SMILES string of the molecule is CCCCOc1nc(N)c([N+](=O)[O-])c(N(CC=O)Cc2cccc(CN3CCCC3)c2)n1. The molecule has 0 unspecified atom stereocenters. The van der Waals surface area contributed by atoms with Crippen LogP contribution in [-0.2, 0) is 17.9 Å². The van der Waals surface area contributed by atoms with Gasteiger partial charge >= 0.3 is 11.7 Å². The second-order valence-corrected chi connectivity index (χ2v) is 7.87. The molecule has 2 aromatic rings. The molecule has 1 aromatic heterocycles. The number of nitrogens with two attached hydrogens (primary N) is 1. The molecule has 10 nitrogen and oxygen atoms in total. The number of hydrogen-bond donors (Lipinski definition) is 1. The van der Waals surface area contributed by atoms with Gasteiger partial charge < -0.3 is 20.2 Å². The van der Waals surface area contributed by atoms with Crippen LogP contribution >= 0.6 is 0 Å². The Morgan fingerprint density at radius 2 is 2.03 bits per heavy atom. The van der Waals surface area contributed by atoms with Crippen molar-refractivity contribution >= 4 is 23.6 Å². The largest absolute Gasteiger partial charge is 0.463 e. The first-order valence-electron chi connectivity index (χ1n) is 10.9. The Bertz CT molecular complexity index is 933. The van der Waals surface area contributed by atoms with Gasteiger partial charge in [-0.1, -0.05) is 37.6 Å². The van der Waals surface area contributed by atoms with Crippen molar-refractivity contribution in [1.82, 2.24) is 14.9 Å². The molecule has 1 saturated heterocycles. The second kappa shape index (κ2) is 11.4. The monoisotopic (exact) mass is 442 g/mol. The molecular weight excluding hydrogens is 412 g/mol.